The van der Waals surface area contributed by atoms with Gasteiger partial charge in [-0.1, -0.05) is 0 Å². The summed E-state index contributed by atoms with van der Waals surface area (Å²) in [5.74, 6) is 0.966. The fraction of sp³-hybridized carbons (Fsp3) is 0.917. The third-order valence-corrected chi connectivity index (χ3v) is 4.38. The summed E-state index contributed by atoms with van der Waals surface area (Å²) in [6, 6.07) is 0. The van der Waals surface area contributed by atoms with E-state index in [1.807, 2.05) is 0 Å². The molecule has 0 amide bonds. The number of carboxylic acid groups (broad SMARTS) is 1. The Kier molecular flexibility index (Phi) is 3.82. The van der Waals surface area contributed by atoms with Crippen LogP contribution in [0.3, 0.4) is 0 Å². The molecule has 0 aromatic heterocycles. The van der Waals surface area contributed by atoms with Gasteiger partial charge in [0.1, 0.15) is 0 Å². The summed E-state index contributed by atoms with van der Waals surface area (Å²) in [5, 5.41) is 17.5. The van der Waals surface area contributed by atoms with E-state index in [0.717, 1.165) is 38.5 Å². The van der Waals surface area contributed by atoms with Crippen molar-refractivity contribution in [3.63, 3.8) is 0 Å². The highest BCUT2D eigenvalue weighted by molar-refractivity contribution is 5.70. The lowest BCUT2D eigenvalue weighted by molar-refractivity contribution is -0.254. The largest absolute Gasteiger partial charge is 0.481 e. The van der Waals surface area contributed by atoms with Gasteiger partial charge in [-0.05, 0) is 56.3 Å². The molecule has 0 aromatic carbocycles. The fourth-order valence-corrected chi connectivity index (χ4v) is 3.47. The molecule has 0 spiro atoms. The third-order valence-electron chi connectivity index (χ3n) is 4.38. The van der Waals surface area contributed by atoms with E-state index in [1.165, 1.54) is 0 Å². The molecule has 0 saturated heterocycles. The Bertz CT molecular complexity index is 253. The lowest BCUT2D eigenvalue weighted by Crippen LogP contribution is -2.34. The molecule has 0 radical (unpaired) electrons. The Morgan fingerprint density at radius 2 is 1.81 bits per heavy atom. The van der Waals surface area contributed by atoms with Crippen LogP contribution in [0.2, 0.25) is 0 Å². The van der Waals surface area contributed by atoms with Crippen LogP contribution in [-0.4, -0.2) is 22.9 Å². The molecule has 4 atom stereocenters. The highest BCUT2D eigenvalue weighted by atomic mass is 17.1. The lowest BCUT2D eigenvalue weighted by Gasteiger charge is -2.40. The summed E-state index contributed by atoms with van der Waals surface area (Å²) in [5.41, 5.74) is 0. The van der Waals surface area contributed by atoms with Gasteiger partial charge in [0.15, 0.2) is 0 Å². The van der Waals surface area contributed by atoms with Crippen LogP contribution in [0.25, 0.3) is 0 Å². The molecule has 4 unspecified atom stereocenters. The number of carboxylic acids is 1. The molecule has 2 fully saturated rings. The number of hydrogen-bond donors (Lipinski definition) is 2. The summed E-state index contributed by atoms with van der Waals surface area (Å²) >= 11 is 0. The van der Waals surface area contributed by atoms with Crippen molar-refractivity contribution in [1.82, 2.24) is 0 Å². The molecule has 0 aromatic rings. The molecule has 16 heavy (non-hydrogen) atoms. The van der Waals surface area contributed by atoms with Gasteiger partial charge in [-0.15, -0.1) is 0 Å². The van der Waals surface area contributed by atoms with E-state index in [-0.39, 0.29) is 5.92 Å². The quantitative estimate of drug-likeness (QED) is 0.575. The number of fused-ring (bicyclic) bond motifs is 1. The van der Waals surface area contributed by atoms with Crippen molar-refractivity contribution in [2.45, 2.75) is 38.5 Å². The molecule has 2 saturated carbocycles. The van der Waals surface area contributed by atoms with Gasteiger partial charge >= 0.3 is 5.97 Å². The molecule has 92 valence electrons. The summed E-state index contributed by atoms with van der Waals surface area (Å²) in [7, 11) is 0. The van der Waals surface area contributed by atoms with E-state index in [2.05, 4.69) is 4.89 Å². The zero-order chi connectivity index (χ0) is 11.5. The van der Waals surface area contributed by atoms with Crippen molar-refractivity contribution in [2.75, 3.05) is 6.61 Å². The van der Waals surface area contributed by atoms with Gasteiger partial charge in [-0.3, -0.25) is 10.1 Å². The van der Waals surface area contributed by atoms with E-state index in [4.69, 9.17) is 10.4 Å². The maximum atomic E-state index is 10.9. The first-order valence-electron chi connectivity index (χ1n) is 6.20. The second-order valence-corrected chi connectivity index (χ2v) is 5.34. The Labute approximate surface area is 95.5 Å². The Balaban J connectivity index is 1.87. The molecule has 0 aliphatic heterocycles. The van der Waals surface area contributed by atoms with E-state index in [1.54, 1.807) is 0 Å². The van der Waals surface area contributed by atoms with Crippen LogP contribution in [0.15, 0.2) is 0 Å². The Hall–Kier alpha value is -0.610. The molecular formula is C12H20O4. The van der Waals surface area contributed by atoms with Crippen LogP contribution < -0.4 is 0 Å². The van der Waals surface area contributed by atoms with Gasteiger partial charge in [0.2, 0.25) is 0 Å². The Morgan fingerprint density at radius 1 is 1.12 bits per heavy atom. The normalized spacial score (nSPS) is 39.1. The minimum absolute atomic E-state index is 0.119. The minimum atomic E-state index is -0.626. The molecule has 4 heteroatoms. The van der Waals surface area contributed by atoms with Crippen molar-refractivity contribution in [3.05, 3.63) is 0 Å². The van der Waals surface area contributed by atoms with E-state index in [9.17, 15) is 4.79 Å². The topological polar surface area (TPSA) is 66.8 Å². The van der Waals surface area contributed by atoms with Gasteiger partial charge in [-0.25, -0.2) is 4.89 Å². The van der Waals surface area contributed by atoms with E-state index >= 15 is 0 Å². The fourth-order valence-electron chi connectivity index (χ4n) is 3.47. The minimum Gasteiger partial charge on any atom is -0.481 e. The smallest absolute Gasteiger partial charge is 0.306 e. The van der Waals surface area contributed by atoms with Crippen molar-refractivity contribution in [3.8, 4) is 0 Å². The van der Waals surface area contributed by atoms with Gasteiger partial charge < -0.3 is 5.11 Å². The monoisotopic (exact) mass is 228 g/mol. The van der Waals surface area contributed by atoms with Crippen LogP contribution in [-0.2, 0) is 9.68 Å². The standard InChI is InChI=1S/C12H20O4/c13-12(14)11-4-3-9-5-8(7-16-15)1-2-10(9)6-11/h8-11,15H,1-7H2,(H,13,14). The summed E-state index contributed by atoms with van der Waals surface area (Å²) in [4.78, 5) is 15.2. The van der Waals surface area contributed by atoms with Crippen molar-refractivity contribution in [1.29, 1.82) is 0 Å². The average Bonchev–Trinajstić information content (AvgIpc) is 2.28. The molecule has 2 rings (SSSR count). The summed E-state index contributed by atoms with van der Waals surface area (Å²) in [6.07, 6.45) is 5.97. The van der Waals surface area contributed by atoms with Crippen LogP contribution >= 0.6 is 0 Å². The molecular weight excluding hydrogens is 208 g/mol. The molecule has 2 N–H and O–H groups in total. The van der Waals surface area contributed by atoms with Crippen LogP contribution in [0, 0.1) is 23.7 Å². The SMILES string of the molecule is O=C(O)C1CCC2CC(COO)CCC2C1. The molecule has 4 nitrogen and oxygen atoms in total. The predicted molar refractivity (Wildman–Crippen MR) is 57.9 cm³/mol. The van der Waals surface area contributed by atoms with Crippen molar-refractivity contribution >= 4 is 5.97 Å². The zero-order valence-electron chi connectivity index (χ0n) is 9.47. The first kappa shape index (κ1) is 11.9. The van der Waals surface area contributed by atoms with Crippen LogP contribution in [0.5, 0.6) is 0 Å². The van der Waals surface area contributed by atoms with Crippen LogP contribution in [0.1, 0.15) is 38.5 Å². The summed E-state index contributed by atoms with van der Waals surface area (Å²) < 4.78 is 0. The highest BCUT2D eigenvalue weighted by Crippen LogP contribution is 2.44. The van der Waals surface area contributed by atoms with Crippen molar-refractivity contribution in [2.24, 2.45) is 23.7 Å². The van der Waals surface area contributed by atoms with Gasteiger partial charge in [0, 0.05) is 0 Å². The second-order valence-electron chi connectivity index (χ2n) is 5.34. The molecule has 0 heterocycles. The van der Waals surface area contributed by atoms with E-state index in [0.29, 0.717) is 24.4 Å². The zero-order valence-corrected chi connectivity index (χ0v) is 9.47. The maximum absolute atomic E-state index is 10.9. The molecule has 2 aliphatic rings. The number of aliphatic carboxylic acids is 1. The third kappa shape index (κ3) is 2.55. The number of rotatable bonds is 3. The highest BCUT2D eigenvalue weighted by Gasteiger charge is 2.37. The summed E-state index contributed by atoms with van der Waals surface area (Å²) in [6.45, 7) is 0.436. The van der Waals surface area contributed by atoms with Crippen molar-refractivity contribution < 1.29 is 20.0 Å². The second kappa shape index (κ2) is 5.15. The first-order chi connectivity index (χ1) is 7.70. The predicted octanol–water partition coefficient (Wildman–Crippen LogP) is 2.39. The van der Waals surface area contributed by atoms with Crippen LogP contribution in [0.4, 0.5) is 0 Å². The molecule has 2 aliphatic carbocycles. The molecule has 0 bridgehead atoms. The maximum Gasteiger partial charge on any atom is 0.306 e. The number of hydrogen-bond acceptors (Lipinski definition) is 3. The average molecular weight is 228 g/mol. The van der Waals surface area contributed by atoms with Gasteiger partial charge in [-0.2, -0.15) is 0 Å². The lowest BCUT2D eigenvalue weighted by atomic mass is 9.65. The van der Waals surface area contributed by atoms with E-state index < -0.39 is 5.97 Å². The van der Waals surface area contributed by atoms with Gasteiger partial charge in [0.05, 0.1) is 12.5 Å². The number of carbonyl (C=O) groups is 1. The Morgan fingerprint density at radius 3 is 2.50 bits per heavy atom. The first-order valence-corrected chi connectivity index (χ1v) is 6.20. The van der Waals surface area contributed by atoms with Gasteiger partial charge in [0.25, 0.3) is 0 Å².